The van der Waals surface area contributed by atoms with Crippen LogP contribution in [0.1, 0.15) is 5.69 Å². The van der Waals surface area contributed by atoms with Crippen molar-refractivity contribution in [2.45, 2.75) is 12.9 Å². The first kappa shape index (κ1) is 13.9. The number of nitrogens with two attached hydrogens (primary N) is 1. The van der Waals surface area contributed by atoms with Crippen molar-refractivity contribution in [1.29, 1.82) is 0 Å². The van der Waals surface area contributed by atoms with Crippen molar-refractivity contribution in [2.24, 2.45) is 5.73 Å². The van der Waals surface area contributed by atoms with E-state index in [0.29, 0.717) is 6.20 Å². The molecule has 17 heavy (non-hydrogen) atoms. The third-order valence-corrected chi connectivity index (χ3v) is 2.77. The normalized spacial score (nSPS) is 11.4. The molecule has 1 rings (SSSR count). The summed E-state index contributed by atoms with van der Waals surface area (Å²) in [5.41, 5.74) is 4.58. The van der Waals surface area contributed by atoms with Gasteiger partial charge in [-0.2, -0.15) is 0 Å². The molecule has 0 radical (unpaired) electrons. The topological polar surface area (TPSA) is 91.3 Å². The molecule has 6 nitrogen and oxygen atoms in total. The van der Waals surface area contributed by atoms with Crippen LogP contribution in [0.3, 0.4) is 0 Å². The average Bonchev–Trinajstić information content (AvgIpc) is 2.14. The van der Waals surface area contributed by atoms with Gasteiger partial charge in [0, 0.05) is 6.54 Å². The second-order valence-electron chi connectivity index (χ2n) is 2.74. The molecule has 0 atom stereocenters. The summed E-state index contributed by atoms with van der Waals surface area (Å²) in [6.45, 7) is -0.120. The number of rotatable bonds is 3. The Morgan fingerprint density at radius 1 is 1.59 bits per heavy atom. The van der Waals surface area contributed by atoms with Crippen molar-refractivity contribution in [3.05, 3.63) is 25.6 Å². The molecule has 0 bridgehead atoms. The number of nitrogens with zero attached hydrogens (tertiary/aromatic N) is 2. The fourth-order valence-electron chi connectivity index (χ4n) is 1.01. The van der Waals surface area contributed by atoms with E-state index in [4.69, 9.17) is 5.73 Å². The zero-order valence-electron chi connectivity index (χ0n) is 7.99. The second kappa shape index (κ2) is 5.00. The van der Waals surface area contributed by atoms with Crippen molar-refractivity contribution in [1.82, 2.24) is 4.98 Å². The molecule has 2 N–H and O–H groups in total. The molecule has 1 aromatic heterocycles. The van der Waals surface area contributed by atoms with E-state index in [9.17, 15) is 23.3 Å². The summed E-state index contributed by atoms with van der Waals surface area (Å²) in [6.07, 6.45) is -4.38. The van der Waals surface area contributed by atoms with Crippen molar-refractivity contribution < 1.29 is 22.8 Å². The Hall–Kier alpha value is -1.17. The summed E-state index contributed by atoms with van der Waals surface area (Å²) >= 11 is 1.50. The molecule has 0 unspecified atom stereocenters. The number of aromatic nitrogens is 1. The van der Waals surface area contributed by atoms with Crippen molar-refractivity contribution in [3.8, 4) is 5.75 Å². The lowest BCUT2D eigenvalue weighted by Crippen LogP contribution is -2.19. The van der Waals surface area contributed by atoms with Gasteiger partial charge in [0.25, 0.3) is 0 Å². The van der Waals surface area contributed by atoms with Crippen LogP contribution in [0.2, 0.25) is 0 Å². The maximum Gasteiger partial charge on any atom is 0.573 e. The molecule has 10 heteroatoms. The number of pyridine rings is 1. The van der Waals surface area contributed by atoms with E-state index in [0.717, 1.165) is 0 Å². The summed E-state index contributed by atoms with van der Waals surface area (Å²) < 4.78 is 39.4. The Labute approximate surface area is 106 Å². The summed E-state index contributed by atoms with van der Waals surface area (Å²) in [7, 11) is 0. The number of hydrogen-bond donors (Lipinski definition) is 1. The largest absolute Gasteiger partial charge is 0.573 e. The van der Waals surface area contributed by atoms with Crippen LogP contribution in [0.25, 0.3) is 0 Å². The standard InChI is InChI=1S/C7H5F3IN3O3/c8-7(9,10)17-4-2-13-3(1-12)5(11)6(4)14(15)16/h2H,1,12H2. The molecule has 0 aliphatic rings. The van der Waals surface area contributed by atoms with Gasteiger partial charge in [-0.05, 0) is 22.6 Å². The summed E-state index contributed by atoms with van der Waals surface area (Å²) in [4.78, 5) is 13.3. The number of hydrogen-bond acceptors (Lipinski definition) is 5. The Kier molecular flexibility index (Phi) is 4.08. The van der Waals surface area contributed by atoms with Crippen LogP contribution in [-0.2, 0) is 6.54 Å². The fourth-order valence-corrected chi connectivity index (χ4v) is 1.83. The number of ether oxygens (including phenoxy) is 1. The molecule has 1 heterocycles. The predicted octanol–water partition coefficient (Wildman–Crippen LogP) is 1.95. The van der Waals surface area contributed by atoms with Crippen LogP contribution >= 0.6 is 22.6 Å². The first-order valence-corrected chi connectivity index (χ1v) is 5.11. The highest BCUT2D eigenvalue weighted by molar-refractivity contribution is 14.1. The number of nitro groups is 1. The van der Waals surface area contributed by atoms with Gasteiger partial charge in [0.1, 0.15) is 3.57 Å². The van der Waals surface area contributed by atoms with Crippen LogP contribution in [0, 0.1) is 13.7 Å². The maximum atomic E-state index is 12.0. The SMILES string of the molecule is NCc1ncc(OC(F)(F)F)c([N+](=O)[O-])c1I. The minimum absolute atomic E-state index is 0.0724. The zero-order chi connectivity index (χ0) is 13.2. The van der Waals surface area contributed by atoms with E-state index >= 15 is 0 Å². The van der Waals surface area contributed by atoms with E-state index in [2.05, 4.69) is 9.72 Å². The van der Waals surface area contributed by atoms with Gasteiger partial charge < -0.3 is 10.5 Å². The van der Waals surface area contributed by atoms with Crippen LogP contribution in [0.5, 0.6) is 5.75 Å². The van der Waals surface area contributed by atoms with Gasteiger partial charge in [0.05, 0.1) is 16.8 Å². The molecular weight excluding hydrogens is 358 g/mol. The predicted molar refractivity (Wildman–Crippen MR) is 58.2 cm³/mol. The molecule has 1 aromatic rings. The van der Waals surface area contributed by atoms with Gasteiger partial charge in [0.2, 0.25) is 5.75 Å². The molecule has 0 fully saturated rings. The van der Waals surface area contributed by atoms with E-state index in [-0.39, 0.29) is 15.8 Å². The molecule has 0 amide bonds. The average molecular weight is 363 g/mol. The van der Waals surface area contributed by atoms with Gasteiger partial charge in [-0.1, -0.05) is 0 Å². The van der Waals surface area contributed by atoms with Crippen LogP contribution in [-0.4, -0.2) is 16.3 Å². The smallest absolute Gasteiger partial charge is 0.397 e. The highest BCUT2D eigenvalue weighted by Crippen LogP contribution is 2.35. The van der Waals surface area contributed by atoms with E-state index in [1.54, 1.807) is 0 Å². The minimum atomic E-state index is -5.01. The van der Waals surface area contributed by atoms with Gasteiger partial charge in [-0.25, -0.2) is 0 Å². The molecular formula is C7H5F3IN3O3. The van der Waals surface area contributed by atoms with Crippen molar-refractivity contribution >= 4 is 28.3 Å². The summed E-state index contributed by atoms with van der Waals surface area (Å²) in [5, 5.41) is 10.7. The van der Waals surface area contributed by atoms with Gasteiger partial charge in [0.15, 0.2) is 0 Å². The highest BCUT2D eigenvalue weighted by Gasteiger charge is 2.36. The lowest BCUT2D eigenvalue weighted by atomic mass is 10.3. The lowest BCUT2D eigenvalue weighted by Gasteiger charge is -2.10. The quantitative estimate of drug-likeness (QED) is 0.504. The molecule has 0 aromatic carbocycles. The molecule has 0 spiro atoms. The highest BCUT2D eigenvalue weighted by atomic mass is 127. The lowest BCUT2D eigenvalue weighted by molar-refractivity contribution is -0.389. The molecule has 0 saturated carbocycles. The minimum Gasteiger partial charge on any atom is -0.397 e. The fraction of sp³-hybridized carbons (Fsp3) is 0.286. The second-order valence-corrected chi connectivity index (χ2v) is 3.82. The molecule has 94 valence electrons. The van der Waals surface area contributed by atoms with Gasteiger partial charge >= 0.3 is 12.0 Å². The molecule has 0 aliphatic heterocycles. The molecule has 0 aliphatic carbocycles. The maximum absolute atomic E-state index is 12.0. The first-order valence-electron chi connectivity index (χ1n) is 4.04. The first-order chi connectivity index (χ1) is 7.76. The van der Waals surface area contributed by atoms with Crippen molar-refractivity contribution in [2.75, 3.05) is 0 Å². The third-order valence-electron chi connectivity index (χ3n) is 1.63. The van der Waals surface area contributed by atoms with Gasteiger partial charge in [-0.15, -0.1) is 13.2 Å². The van der Waals surface area contributed by atoms with Crippen molar-refractivity contribution in [3.63, 3.8) is 0 Å². The molecule has 0 saturated heterocycles. The van der Waals surface area contributed by atoms with Crippen LogP contribution in [0.4, 0.5) is 18.9 Å². The Morgan fingerprint density at radius 2 is 2.18 bits per heavy atom. The van der Waals surface area contributed by atoms with Crippen LogP contribution < -0.4 is 10.5 Å². The van der Waals surface area contributed by atoms with E-state index in [1.165, 1.54) is 22.6 Å². The zero-order valence-corrected chi connectivity index (χ0v) is 10.2. The number of alkyl halides is 3. The summed E-state index contributed by atoms with van der Waals surface area (Å²) in [6, 6.07) is 0. The van der Waals surface area contributed by atoms with Crippen LogP contribution in [0.15, 0.2) is 6.20 Å². The Balaban J connectivity index is 3.32. The van der Waals surface area contributed by atoms with Gasteiger partial charge in [-0.3, -0.25) is 15.1 Å². The Bertz CT molecular complexity index is 452. The van der Waals surface area contributed by atoms with E-state index < -0.39 is 22.7 Å². The number of halogens is 4. The van der Waals surface area contributed by atoms with E-state index in [1.807, 2.05) is 0 Å². The summed E-state index contributed by atoms with van der Waals surface area (Å²) in [5.74, 6) is -0.955. The monoisotopic (exact) mass is 363 g/mol. The Morgan fingerprint density at radius 3 is 2.59 bits per heavy atom. The third kappa shape index (κ3) is 3.39.